The maximum atomic E-state index is 12.2. The molecule has 0 saturated heterocycles. The van der Waals surface area contributed by atoms with Crippen LogP contribution in [-0.4, -0.2) is 33.4 Å². The average molecular weight is 455 g/mol. The fourth-order valence-corrected chi connectivity index (χ4v) is 3.61. The molecule has 0 radical (unpaired) electrons. The summed E-state index contributed by atoms with van der Waals surface area (Å²) in [5.41, 5.74) is 2.74. The van der Waals surface area contributed by atoms with E-state index in [1.807, 2.05) is 6.07 Å². The van der Waals surface area contributed by atoms with Crippen LogP contribution in [-0.2, 0) is 4.79 Å². The molecule has 0 bridgehead atoms. The van der Waals surface area contributed by atoms with Crippen LogP contribution in [0.15, 0.2) is 68.7 Å². The number of nitrogens with one attached hydrogen (secondary N) is 1. The van der Waals surface area contributed by atoms with Crippen LogP contribution in [0.5, 0.6) is 5.75 Å². The fourth-order valence-electron chi connectivity index (χ4n) is 2.53. The molecular weight excluding hydrogens is 444 g/mol. The Morgan fingerprint density at radius 3 is 2.75 bits per heavy atom. The number of ether oxygens (including phenoxy) is 1. The maximum absolute atomic E-state index is 12.2. The third-order valence-electron chi connectivity index (χ3n) is 3.88. The van der Waals surface area contributed by atoms with Gasteiger partial charge in [-0.25, -0.2) is 4.79 Å². The van der Waals surface area contributed by atoms with E-state index in [9.17, 15) is 9.59 Å². The van der Waals surface area contributed by atoms with Gasteiger partial charge in [0.2, 0.25) is 0 Å². The lowest BCUT2D eigenvalue weighted by atomic mass is 10.1. The van der Waals surface area contributed by atoms with Crippen LogP contribution in [0.25, 0.3) is 6.08 Å². The van der Waals surface area contributed by atoms with E-state index in [2.05, 4.69) is 26.0 Å². The van der Waals surface area contributed by atoms with Crippen molar-refractivity contribution in [1.29, 1.82) is 5.41 Å². The smallest absolute Gasteiger partial charge is 0.343 e. The molecular formula is C19H11BrN4O3S. The number of carbonyl (C=O) groups excluding carboxylic acids is 2. The molecule has 1 N–H and O–H groups in total. The van der Waals surface area contributed by atoms with Crippen molar-refractivity contribution in [2.75, 3.05) is 0 Å². The number of hydrogen-bond acceptors (Lipinski definition) is 6. The predicted octanol–water partition coefficient (Wildman–Crippen LogP) is 3.92. The Hall–Kier alpha value is -3.04. The van der Waals surface area contributed by atoms with Crippen LogP contribution in [0.1, 0.15) is 15.9 Å². The minimum absolute atomic E-state index is 0.0352. The number of amidine groups is 2. The molecule has 4 rings (SSSR count). The van der Waals surface area contributed by atoms with Crippen molar-refractivity contribution < 1.29 is 14.3 Å². The lowest BCUT2D eigenvalue weighted by Gasteiger charge is -2.20. The molecule has 1 amide bonds. The zero-order valence-corrected chi connectivity index (χ0v) is 16.5. The van der Waals surface area contributed by atoms with Crippen LogP contribution < -0.4 is 4.74 Å². The van der Waals surface area contributed by atoms with Crippen LogP contribution in [0.4, 0.5) is 0 Å². The van der Waals surface area contributed by atoms with E-state index < -0.39 is 11.9 Å². The molecule has 138 valence electrons. The van der Waals surface area contributed by atoms with Gasteiger partial charge in [0.15, 0.2) is 11.0 Å². The van der Waals surface area contributed by atoms with Gasteiger partial charge in [-0.05, 0) is 63.6 Å². The molecule has 2 aromatic rings. The van der Waals surface area contributed by atoms with Gasteiger partial charge >= 0.3 is 5.97 Å². The molecule has 2 aromatic carbocycles. The first-order valence-electron chi connectivity index (χ1n) is 8.02. The van der Waals surface area contributed by atoms with Crippen LogP contribution in [0.2, 0.25) is 0 Å². The molecule has 2 aliphatic rings. The van der Waals surface area contributed by atoms with Crippen LogP contribution >= 0.6 is 27.7 Å². The number of halogens is 1. The fraction of sp³-hybridized carbons (Fsp3) is 0. The van der Waals surface area contributed by atoms with E-state index in [0.29, 0.717) is 26.5 Å². The lowest BCUT2D eigenvalue weighted by Crippen LogP contribution is -2.35. The summed E-state index contributed by atoms with van der Waals surface area (Å²) in [5, 5.41) is 13.9. The summed E-state index contributed by atoms with van der Waals surface area (Å²) in [6.45, 7) is 0. The molecule has 0 fully saturated rings. The molecule has 9 heteroatoms. The van der Waals surface area contributed by atoms with Crippen molar-refractivity contribution in [3.05, 3.63) is 69.7 Å². The van der Waals surface area contributed by atoms with E-state index in [-0.39, 0.29) is 11.4 Å². The minimum atomic E-state index is -0.495. The number of rotatable bonds is 3. The van der Waals surface area contributed by atoms with Gasteiger partial charge in [-0.1, -0.05) is 24.3 Å². The van der Waals surface area contributed by atoms with Gasteiger partial charge in [0, 0.05) is 0 Å². The Morgan fingerprint density at radius 1 is 1.21 bits per heavy atom. The zero-order valence-electron chi connectivity index (χ0n) is 14.1. The second-order valence-corrected chi connectivity index (χ2v) is 7.37. The molecule has 0 aliphatic carbocycles. The summed E-state index contributed by atoms with van der Waals surface area (Å²) in [7, 11) is 0. The van der Waals surface area contributed by atoms with E-state index in [1.165, 1.54) is 22.3 Å². The standard InChI is InChI=1S/C19H11BrN4O3S/c20-14-9-11(6-7-15(14)27-18(26)12-4-2-1-3-5-12)8-13-16(21)24-19(23-17(13)25)28-10-22-24/h1-10,21H. The molecule has 0 spiro atoms. The molecule has 0 unspecified atom stereocenters. The number of thioether (sulfide) groups is 1. The van der Waals surface area contributed by atoms with Crippen molar-refractivity contribution in [2.24, 2.45) is 10.1 Å². The largest absolute Gasteiger partial charge is 0.422 e. The first-order valence-corrected chi connectivity index (χ1v) is 9.70. The molecule has 7 nitrogen and oxygen atoms in total. The number of amides is 1. The molecule has 2 heterocycles. The summed E-state index contributed by atoms with van der Waals surface area (Å²) < 4.78 is 5.95. The topological polar surface area (TPSA) is 95.2 Å². The van der Waals surface area contributed by atoms with Crippen LogP contribution in [0, 0.1) is 5.41 Å². The molecule has 0 saturated carbocycles. The van der Waals surface area contributed by atoms with Gasteiger partial charge in [-0.15, -0.1) is 0 Å². The maximum Gasteiger partial charge on any atom is 0.343 e. The SMILES string of the molecule is N=C1C(=Cc2ccc(OC(=O)c3ccccc3)c(Br)c2)C(=O)N=C2SC=NN12. The molecule has 28 heavy (non-hydrogen) atoms. The Kier molecular flexibility index (Phi) is 4.93. The van der Waals surface area contributed by atoms with E-state index in [0.717, 1.165) is 0 Å². The first kappa shape index (κ1) is 18.3. The number of esters is 1. The van der Waals surface area contributed by atoms with Crippen molar-refractivity contribution in [3.8, 4) is 5.75 Å². The van der Waals surface area contributed by atoms with Gasteiger partial charge in [0.1, 0.15) is 5.75 Å². The monoisotopic (exact) mass is 454 g/mol. The average Bonchev–Trinajstić information content (AvgIpc) is 3.16. The highest BCUT2D eigenvalue weighted by Crippen LogP contribution is 2.29. The summed E-state index contributed by atoms with van der Waals surface area (Å²) >= 11 is 4.57. The summed E-state index contributed by atoms with van der Waals surface area (Å²) in [4.78, 5) is 28.4. The van der Waals surface area contributed by atoms with E-state index >= 15 is 0 Å². The molecule has 0 aromatic heterocycles. The summed E-state index contributed by atoms with van der Waals surface area (Å²) in [6, 6.07) is 13.7. The second-order valence-electron chi connectivity index (χ2n) is 5.70. The number of benzene rings is 2. The van der Waals surface area contributed by atoms with Gasteiger partial charge in [-0.2, -0.15) is 15.1 Å². The first-order chi connectivity index (χ1) is 13.5. The third kappa shape index (κ3) is 3.54. The van der Waals surface area contributed by atoms with Gasteiger partial charge in [0.25, 0.3) is 5.91 Å². The van der Waals surface area contributed by atoms with Gasteiger partial charge < -0.3 is 4.74 Å². The zero-order chi connectivity index (χ0) is 19.7. The number of nitrogens with zero attached hydrogens (tertiary/aromatic N) is 3. The highest BCUT2D eigenvalue weighted by Gasteiger charge is 2.32. The Labute approximate surface area is 172 Å². The van der Waals surface area contributed by atoms with Gasteiger partial charge in [0.05, 0.1) is 21.2 Å². The minimum Gasteiger partial charge on any atom is -0.422 e. The third-order valence-corrected chi connectivity index (χ3v) is 5.17. The number of fused-ring (bicyclic) bond motifs is 1. The predicted molar refractivity (Wildman–Crippen MR) is 112 cm³/mol. The lowest BCUT2D eigenvalue weighted by molar-refractivity contribution is -0.114. The Balaban J connectivity index is 1.57. The number of aliphatic imine (C=N–C) groups is 1. The van der Waals surface area contributed by atoms with Crippen molar-refractivity contribution in [1.82, 2.24) is 5.01 Å². The molecule has 2 aliphatic heterocycles. The van der Waals surface area contributed by atoms with Crippen molar-refractivity contribution in [3.63, 3.8) is 0 Å². The quantitative estimate of drug-likeness (QED) is 0.430. The second kappa shape index (κ2) is 7.53. The highest BCUT2D eigenvalue weighted by atomic mass is 79.9. The van der Waals surface area contributed by atoms with E-state index in [1.54, 1.807) is 48.5 Å². The highest BCUT2D eigenvalue weighted by molar-refractivity contribution is 9.10. The normalized spacial score (nSPS) is 17.0. The Morgan fingerprint density at radius 2 is 2.00 bits per heavy atom. The number of carbonyl (C=O) groups is 2. The van der Waals surface area contributed by atoms with Gasteiger partial charge in [-0.3, -0.25) is 10.2 Å². The van der Waals surface area contributed by atoms with Crippen molar-refractivity contribution >= 4 is 62.2 Å². The Bertz CT molecular complexity index is 1100. The van der Waals surface area contributed by atoms with Crippen molar-refractivity contribution in [2.45, 2.75) is 0 Å². The number of hydrazone groups is 1. The van der Waals surface area contributed by atoms with Crippen LogP contribution in [0.3, 0.4) is 0 Å². The summed E-state index contributed by atoms with van der Waals surface area (Å²) in [5.74, 6) is -0.651. The van der Waals surface area contributed by atoms with E-state index in [4.69, 9.17) is 10.1 Å². The number of hydrogen-bond donors (Lipinski definition) is 1. The molecule has 0 atom stereocenters. The summed E-state index contributed by atoms with van der Waals surface area (Å²) in [6.07, 6.45) is 1.55.